The van der Waals surface area contributed by atoms with E-state index in [9.17, 15) is 24.6 Å². The Hall–Kier alpha value is -6.60. The first-order valence-corrected chi connectivity index (χ1v) is 42.3. The van der Waals surface area contributed by atoms with Gasteiger partial charge in [-0.2, -0.15) is 13.9 Å². The third-order valence-corrected chi connectivity index (χ3v) is 21.8. The molecule has 0 bridgehead atoms. The molecule has 2 amide bonds. The highest BCUT2D eigenvalue weighted by Crippen LogP contribution is 2.38. The van der Waals surface area contributed by atoms with E-state index in [1.165, 1.54) is 69.8 Å². The Morgan fingerprint density at radius 1 is 0.627 bits per heavy atom. The summed E-state index contributed by atoms with van der Waals surface area (Å²) in [5, 5.41) is 55.0. The molecule has 0 aliphatic carbocycles. The quantitative estimate of drug-likeness (QED) is 0.00999. The number of esters is 1. The number of aromatic amines is 3. The maximum Gasteiger partial charge on any atom is 0.306 e. The third kappa shape index (κ3) is 29.1. The molecular formula is C84H134Cl3N15O8. The van der Waals surface area contributed by atoms with E-state index in [1.54, 1.807) is 26.0 Å². The van der Waals surface area contributed by atoms with Crippen LogP contribution < -0.4 is 20.7 Å². The number of carbonyl (C=O) groups is 3. The van der Waals surface area contributed by atoms with Crippen LogP contribution in [-0.4, -0.2) is 132 Å². The molecule has 8 aromatic rings. The smallest absolute Gasteiger partial charge is 0.306 e. The van der Waals surface area contributed by atoms with Crippen molar-refractivity contribution < 1.29 is 38.8 Å². The number of ether oxygens (including phenoxy) is 3. The molecule has 6 aromatic heterocycles. The monoisotopic (exact) mass is 1590 g/mol. The molecule has 23 nitrogen and oxygen atoms in total. The highest BCUT2D eigenvalue weighted by Gasteiger charge is 2.34. The molecule has 614 valence electrons. The number of benzene rings is 2. The van der Waals surface area contributed by atoms with E-state index in [0.29, 0.717) is 88.5 Å². The van der Waals surface area contributed by atoms with E-state index in [-0.39, 0.29) is 53.3 Å². The number of aliphatic hydroxyl groups excluding tert-OH is 2. The number of fused-ring (bicyclic) bond motifs is 3. The van der Waals surface area contributed by atoms with Crippen molar-refractivity contribution in [2.45, 2.75) is 332 Å². The van der Waals surface area contributed by atoms with E-state index in [2.05, 4.69) is 150 Å². The number of aromatic nitrogens is 12. The van der Waals surface area contributed by atoms with Crippen LogP contribution in [0.5, 0.6) is 5.75 Å². The van der Waals surface area contributed by atoms with Crippen molar-refractivity contribution in [1.82, 2.24) is 70.1 Å². The number of aliphatic hydroxyl groups is 2. The average Bonchev–Trinajstić information content (AvgIpc) is 1.80. The zero-order chi connectivity index (χ0) is 80.6. The number of nitrogens with one attached hydrogen (secondary N) is 6. The molecule has 0 spiro atoms. The van der Waals surface area contributed by atoms with Gasteiger partial charge >= 0.3 is 5.97 Å². The summed E-state index contributed by atoms with van der Waals surface area (Å²) in [5.41, 5.74) is 7.65. The summed E-state index contributed by atoms with van der Waals surface area (Å²) in [6.07, 6.45) is 27.3. The van der Waals surface area contributed by atoms with E-state index < -0.39 is 24.0 Å². The predicted octanol–water partition coefficient (Wildman–Crippen LogP) is 19.8. The lowest BCUT2D eigenvalue weighted by Crippen LogP contribution is -2.44. The van der Waals surface area contributed by atoms with Gasteiger partial charge < -0.3 is 35.1 Å². The second kappa shape index (κ2) is 46.5. The van der Waals surface area contributed by atoms with Gasteiger partial charge in [0.2, 0.25) is 5.91 Å². The minimum absolute atomic E-state index is 0.0167. The summed E-state index contributed by atoms with van der Waals surface area (Å²) in [6.45, 7) is 35.6. The van der Waals surface area contributed by atoms with Crippen molar-refractivity contribution in [2.24, 2.45) is 11.3 Å². The first-order chi connectivity index (χ1) is 52.5. The molecule has 5 atom stereocenters. The molecule has 0 saturated carbocycles. The number of rotatable bonds is 48. The van der Waals surface area contributed by atoms with Crippen LogP contribution in [0.15, 0.2) is 42.5 Å². The van der Waals surface area contributed by atoms with Crippen molar-refractivity contribution in [3.63, 3.8) is 0 Å². The lowest BCUT2D eigenvalue weighted by molar-refractivity contribution is -0.148. The molecule has 5 unspecified atom stereocenters. The Morgan fingerprint density at radius 2 is 1.24 bits per heavy atom. The van der Waals surface area contributed by atoms with Crippen molar-refractivity contribution >= 4 is 75.2 Å². The van der Waals surface area contributed by atoms with Crippen LogP contribution >= 0.6 is 34.8 Å². The van der Waals surface area contributed by atoms with Gasteiger partial charge in [0.25, 0.3) is 5.91 Å². The summed E-state index contributed by atoms with van der Waals surface area (Å²) in [5.74, 6) is 2.04. The van der Waals surface area contributed by atoms with Gasteiger partial charge in [-0.1, -0.05) is 252 Å². The Labute approximate surface area is 670 Å². The number of unbranched alkanes of at least 4 members (excludes halogenated alkanes) is 16. The van der Waals surface area contributed by atoms with Gasteiger partial charge in [-0.25, -0.2) is 15.0 Å². The van der Waals surface area contributed by atoms with Crippen LogP contribution in [0.25, 0.3) is 28.3 Å². The zero-order valence-corrected chi connectivity index (χ0v) is 71.5. The van der Waals surface area contributed by atoms with Gasteiger partial charge in [0.05, 0.1) is 30.1 Å². The van der Waals surface area contributed by atoms with Crippen LogP contribution in [0.3, 0.4) is 0 Å². The molecule has 8 rings (SSSR count). The lowest BCUT2D eigenvalue weighted by atomic mass is 9.79. The number of H-pyrrole nitrogens is 3. The van der Waals surface area contributed by atoms with E-state index in [1.807, 2.05) is 52.8 Å². The number of hydrogen-bond acceptors (Lipinski definition) is 15. The number of amides is 2. The standard InChI is InChI=1S/C32H48ClN5O3.C28H42ClN5O2.C24H44ClN5O3/c1-5-6-7-8-9-10-11-12-13-14-15-16-23-41-27(40)22-21-26(39)34-25-19-17-24(18-20-25)30-35-31-28(33)29(32(2,3)4)36-38(31)37-30;1-8-10-11-12-13-23(36-22-15-14-18(3)16-21(22)28(6,7)9-2)27(35)30-17-19(4)25-31-26-24(29)20(5)32-34(26)33-25;1-6-9-13-19-27-21-20(25)18(28-30(21)29-19)12-11-14-26-23(32)24(4,5)16-17(8-3)22(31)33-15-10-7-2/h17-20,36H,5-16,21-23H2,1-4H3,(H,34,39);14-16,19,23,32H,8-13,17H2,1-7H3,(H,30,35);17,22-23,26,28,31-32H,6-16H2,1-5H3. The topological polar surface area (TPSA) is 293 Å². The summed E-state index contributed by atoms with van der Waals surface area (Å²) in [6, 6.07) is 13.5. The van der Waals surface area contributed by atoms with Crippen LogP contribution in [0, 0.1) is 25.2 Å². The van der Waals surface area contributed by atoms with Gasteiger partial charge in [0.15, 0.2) is 46.8 Å². The Bertz CT molecular complexity index is 4010. The first kappa shape index (κ1) is 92.3. The number of halogens is 3. The molecule has 0 aliphatic heterocycles. The Balaban J connectivity index is 0.000000259. The third-order valence-electron chi connectivity index (χ3n) is 20.6. The van der Waals surface area contributed by atoms with Gasteiger partial charge in [-0.3, -0.25) is 35.0 Å². The molecular weight excluding hydrogens is 1450 g/mol. The van der Waals surface area contributed by atoms with Crippen molar-refractivity contribution in [1.29, 1.82) is 0 Å². The molecule has 0 fully saturated rings. The second-order valence-corrected chi connectivity index (χ2v) is 33.4. The number of hydrogen-bond donors (Lipinski definition) is 8. The van der Waals surface area contributed by atoms with Crippen molar-refractivity contribution in [2.75, 3.05) is 31.6 Å². The molecule has 110 heavy (non-hydrogen) atoms. The Kier molecular flexibility index (Phi) is 39.0. The van der Waals surface area contributed by atoms with Crippen molar-refractivity contribution in [3.05, 3.63) is 97.4 Å². The second-order valence-electron chi connectivity index (χ2n) is 32.3. The van der Waals surface area contributed by atoms with E-state index >= 15 is 0 Å². The normalized spacial score (nSPS) is 13.4. The fraction of sp³-hybridized carbons (Fsp3) is 0.679. The molecule has 8 N–H and O–H groups in total. The molecule has 0 radical (unpaired) electrons. The molecule has 0 aliphatic rings. The summed E-state index contributed by atoms with van der Waals surface area (Å²) >= 11 is 19.3. The Morgan fingerprint density at radius 3 is 1.85 bits per heavy atom. The summed E-state index contributed by atoms with van der Waals surface area (Å²) in [7, 11) is 0. The molecule has 0 saturated heterocycles. The minimum Gasteiger partial charge on any atom is -0.480 e. The fourth-order valence-electron chi connectivity index (χ4n) is 13.0. The number of anilines is 1. The largest absolute Gasteiger partial charge is 0.480 e. The summed E-state index contributed by atoms with van der Waals surface area (Å²) in [4.78, 5) is 51.4. The zero-order valence-electron chi connectivity index (χ0n) is 69.3. The fourth-order valence-corrected chi connectivity index (χ4v) is 13.8. The number of nitrogens with zero attached hydrogens (tertiary/aromatic N) is 9. The van der Waals surface area contributed by atoms with Crippen LogP contribution in [0.2, 0.25) is 15.1 Å². The van der Waals surface area contributed by atoms with Gasteiger partial charge in [0, 0.05) is 65.5 Å². The van der Waals surface area contributed by atoms with Gasteiger partial charge in [0.1, 0.15) is 27.0 Å². The average molecular weight is 1590 g/mol. The first-order valence-electron chi connectivity index (χ1n) is 41.2. The summed E-state index contributed by atoms with van der Waals surface area (Å²) < 4.78 is 22.2. The highest BCUT2D eigenvalue weighted by molar-refractivity contribution is 6.35. The minimum atomic E-state index is -0.793. The van der Waals surface area contributed by atoms with Crippen LogP contribution in [-0.2, 0) is 47.5 Å². The number of aryl methyl sites for hydroxylation is 4. The van der Waals surface area contributed by atoms with Crippen molar-refractivity contribution in [3.8, 4) is 17.1 Å². The van der Waals surface area contributed by atoms with Gasteiger partial charge in [-0.05, 0) is 120 Å². The molecule has 6 heterocycles. The van der Waals surface area contributed by atoms with E-state index in [4.69, 9.17) is 49.0 Å². The van der Waals surface area contributed by atoms with Crippen LogP contribution in [0.4, 0.5) is 5.69 Å². The molecule has 26 heteroatoms. The molecule has 2 aromatic carbocycles. The van der Waals surface area contributed by atoms with Crippen LogP contribution in [0.1, 0.15) is 316 Å². The predicted molar refractivity (Wildman–Crippen MR) is 445 cm³/mol. The SMILES string of the molecule is CCCCCCC(Oc1ccc(C)cc1C(C)(C)CC)C(=O)NCC(C)c1nc2c(Cl)c(C)[nH]n2n1.CCCCCCCCCCCCCCOC(=O)CCC(=O)Nc1ccc(-c2nc3c(Cl)c(C(C)(C)C)[nH]n3n2)cc1.CCCCOC(O)C(CC)CC(C)(C)C(O)NCCCc1[nH]n2nc(CCCC)nc2c1Cl. The lowest BCUT2D eigenvalue weighted by Gasteiger charge is -2.35. The highest BCUT2D eigenvalue weighted by atomic mass is 35.5. The van der Waals surface area contributed by atoms with Gasteiger partial charge in [-0.15, -0.1) is 15.3 Å². The number of carbonyl (C=O) groups excluding carboxylic acids is 3. The van der Waals surface area contributed by atoms with E-state index in [0.717, 1.165) is 136 Å². The maximum atomic E-state index is 13.4. The maximum absolute atomic E-state index is 13.4.